The fraction of sp³-hybridized carbons (Fsp3) is 0.423. The van der Waals surface area contributed by atoms with E-state index in [9.17, 15) is 5.11 Å². The number of aryl methyl sites for hydroxylation is 1. The maximum absolute atomic E-state index is 10.7. The van der Waals surface area contributed by atoms with E-state index in [4.69, 9.17) is 4.74 Å². The number of nitrogens with zero attached hydrogens (tertiary/aromatic N) is 1. The molecule has 3 nitrogen and oxygen atoms in total. The fourth-order valence-corrected chi connectivity index (χ4v) is 6.10. The number of aromatic hydroxyl groups is 1. The SMILES string of the molecule is COC(=C1C2CC3CC(C2)CC1C3)c1ccc(/C=C/c2cc[n+](C)cc2)c(O)c1. The summed E-state index contributed by atoms with van der Waals surface area (Å²) in [6.45, 7) is 0. The number of hydrogen-bond acceptors (Lipinski definition) is 2. The highest BCUT2D eigenvalue weighted by Crippen LogP contribution is 2.58. The molecule has 150 valence electrons. The van der Waals surface area contributed by atoms with Crippen molar-refractivity contribution in [1.82, 2.24) is 0 Å². The Morgan fingerprint density at radius 3 is 2.21 bits per heavy atom. The van der Waals surface area contributed by atoms with Gasteiger partial charge in [-0.2, -0.15) is 0 Å². The zero-order valence-electron chi connectivity index (χ0n) is 17.3. The van der Waals surface area contributed by atoms with E-state index < -0.39 is 0 Å². The zero-order chi connectivity index (χ0) is 20.0. The molecule has 4 fully saturated rings. The summed E-state index contributed by atoms with van der Waals surface area (Å²) in [6, 6.07) is 10.1. The highest BCUT2D eigenvalue weighted by Gasteiger charge is 2.46. The molecule has 0 radical (unpaired) electrons. The van der Waals surface area contributed by atoms with Gasteiger partial charge in [-0.1, -0.05) is 24.3 Å². The van der Waals surface area contributed by atoms with Crippen LogP contribution in [0.5, 0.6) is 5.75 Å². The Hall–Kier alpha value is -2.55. The van der Waals surface area contributed by atoms with Crippen LogP contribution >= 0.6 is 0 Å². The van der Waals surface area contributed by atoms with Crippen LogP contribution in [0, 0.1) is 23.7 Å². The molecule has 1 heterocycles. The third-order valence-electron chi connectivity index (χ3n) is 7.24. The van der Waals surface area contributed by atoms with Gasteiger partial charge in [-0.05, 0) is 73.0 Å². The van der Waals surface area contributed by atoms with Gasteiger partial charge in [0.25, 0.3) is 0 Å². The molecule has 4 bridgehead atoms. The van der Waals surface area contributed by atoms with E-state index in [0.717, 1.165) is 34.3 Å². The normalized spacial score (nSPS) is 27.6. The molecule has 2 aromatic rings. The predicted octanol–water partition coefficient (Wildman–Crippen LogP) is 5.20. The maximum Gasteiger partial charge on any atom is 0.169 e. The number of hydrogen-bond donors (Lipinski definition) is 1. The molecule has 1 aromatic carbocycles. The van der Waals surface area contributed by atoms with Gasteiger partial charge < -0.3 is 9.84 Å². The minimum absolute atomic E-state index is 0.305. The molecule has 0 unspecified atom stereocenters. The second kappa shape index (κ2) is 7.37. The molecule has 0 amide bonds. The van der Waals surface area contributed by atoms with Crippen molar-refractivity contribution in [2.75, 3.05) is 7.11 Å². The Morgan fingerprint density at radius 1 is 0.966 bits per heavy atom. The monoisotopic (exact) mass is 388 g/mol. The lowest BCUT2D eigenvalue weighted by atomic mass is 9.54. The molecule has 6 rings (SSSR count). The number of methoxy groups -OCH3 is 1. The molecule has 4 aliphatic rings. The van der Waals surface area contributed by atoms with Crippen LogP contribution in [0.4, 0.5) is 0 Å². The van der Waals surface area contributed by atoms with Gasteiger partial charge in [0.05, 0.1) is 7.11 Å². The number of phenolic OH excluding ortho intramolecular Hbond substituents is 1. The fourth-order valence-electron chi connectivity index (χ4n) is 6.10. The quantitative estimate of drug-likeness (QED) is 0.577. The minimum atomic E-state index is 0.305. The van der Waals surface area contributed by atoms with Crippen molar-refractivity contribution >= 4 is 17.9 Å². The summed E-state index contributed by atoms with van der Waals surface area (Å²) in [5, 5.41) is 10.7. The highest BCUT2D eigenvalue weighted by atomic mass is 16.5. The van der Waals surface area contributed by atoms with Crippen molar-refractivity contribution in [3.8, 4) is 5.75 Å². The lowest BCUT2D eigenvalue weighted by Crippen LogP contribution is -2.40. The summed E-state index contributed by atoms with van der Waals surface area (Å²) >= 11 is 0. The summed E-state index contributed by atoms with van der Waals surface area (Å²) in [6.07, 6.45) is 14.8. The predicted molar refractivity (Wildman–Crippen MR) is 116 cm³/mol. The molecule has 0 aliphatic heterocycles. The van der Waals surface area contributed by atoms with Crippen LogP contribution in [0.3, 0.4) is 0 Å². The Labute approximate surface area is 173 Å². The second-order valence-corrected chi connectivity index (χ2v) is 9.20. The van der Waals surface area contributed by atoms with Crippen LogP contribution in [0.1, 0.15) is 48.8 Å². The van der Waals surface area contributed by atoms with E-state index >= 15 is 0 Å². The van der Waals surface area contributed by atoms with Gasteiger partial charge in [-0.3, -0.25) is 0 Å². The zero-order valence-corrected chi connectivity index (χ0v) is 17.3. The van der Waals surface area contributed by atoms with Crippen molar-refractivity contribution in [2.24, 2.45) is 30.7 Å². The average molecular weight is 389 g/mol. The Bertz CT molecular complexity index is 941. The van der Waals surface area contributed by atoms with Gasteiger partial charge in [0.2, 0.25) is 0 Å². The number of phenols is 1. The summed E-state index contributed by atoms with van der Waals surface area (Å²) in [5.41, 5.74) is 4.48. The van der Waals surface area contributed by atoms with Crippen LogP contribution in [-0.2, 0) is 11.8 Å². The first-order valence-electron chi connectivity index (χ1n) is 10.9. The lowest BCUT2D eigenvalue weighted by Gasteiger charge is -2.51. The van der Waals surface area contributed by atoms with Crippen LogP contribution in [0.2, 0.25) is 0 Å². The van der Waals surface area contributed by atoms with Gasteiger partial charge in [-0.15, -0.1) is 0 Å². The lowest BCUT2D eigenvalue weighted by molar-refractivity contribution is -0.671. The molecule has 3 heteroatoms. The Morgan fingerprint density at radius 2 is 1.62 bits per heavy atom. The average Bonchev–Trinajstić information content (AvgIpc) is 2.70. The summed E-state index contributed by atoms with van der Waals surface area (Å²) in [5.74, 6) is 4.55. The van der Waals surface area contributed by atoms with Gasteiger partial charge in [0, 0.05) is 23.3 Å². The molecule has 4 aliphatic carbocycles. The second-order valence-electron chi connectivity index (χ2n) is 9.20. The standard InChI is InChI=1S/C26H29NO2/c1-27-9-7-17(8-10-27)3-4-20-5-6-21(16-24(20)28)26(29-2)25-22-12-18-11-19(14-22)15-23(25)13-18/h3-10,16,18-19,22-23H,11-15H2,1-2H3/p+1. The highest BCUT2D eigenvalue weighted by molar-refractivity contribution is 5.75. The summed E-state index contributed by atoms with van der Waals surface area (Å²) in [4.78, 5) is 0. The van der Waals surface area contributed by atoms with Gasteiger partial charge in [0.1, 0.15) is 18.6 Å². The van der Waals surface area contributed by atoms with Gasteiger partial charge >= 0.3 is 0 Å². The van der Waals surface area contributed by atoms with E-state index in [-0.39, 0.29) is 0 Å². The molecular weight excluding hydrogens is 358 g/mol. The smallest absolute Gasteiger partial charge is 0.169 e. The van der Waals surface area contributed by atoms with Crippen molar-refractivity contribution in [1.29, 1.82) is 0 Å². The number of aromatic nitrogens is 1. The first-order chi connectivity index (χ1) is 14.1. The molecule has 1 aromatic heterocycles. The third kappa shape index (κ3) is 3.48. The number of benzene rings is 1. The molecule has 4 saturated carbocycles. The van der Waals surface area contributed by atoms with Crippen LogP contribution in [0.15, 0.2) is 48.3 Å². The molecule has 29 heavy (non-hydrogen) atoms. The maximum atomic E-state index is 10.7. The number of ether oxygens (including phenoxy) is 1. The van der Waals surface area contributed by atoms with Crippen LogP contribution in [0.25, 0.3) is 17.9 Å². The van der Waals surface area contributed by atoms with E-state index in [2.05, 4.69) is 18.2 Å². The molecule has 0 atom stereocenters. The van der Waals surface area contributed by atoms with E-state index in [1.165, 1.54) is 37.7 Å². The van der Waals surface area contributed by atoms with Crippen LogP contribution < -0.4 is 4.57 Å². The van der Waals surface area contributed by atoms with E-state index in [1.807, 2.05) is 48.3 Å². The Kier molecular flexibility index (Phi) is 4.69. The largest absolute Gasteiger partial charge is 0.507 e. The van der Waals surface area contributed by atoms with Crippen molar-refractivity contribution in [3.05, 3.63) is 65.0 Å². The Balaban J connectivity index is 1.44. The molecule has 0 spiro atoms. The number of allylic oxidation sites excluding steroid dienone is 1. The van der Waals surface area contributed by atoms with Crippen molar-refractivity contribution in [2.45, 2.75) is 32.1 Å². The molecular formula is C26H30NO2+. The first-order valence-corrected chi connectivity index (χ1v) is 10.9. The van der Waals surface area contributed by atoms with Crippen molar-refractivity contribution in [3.63, 3.8) is 0 Å². The molecule has 1 N–H and O–H groups in total. The van der Waals surface area contributed by atoms with Crippen molar-refractivity contribution < 1.29 is 14.4 Å². The van der Waals surface area contributed by atoms with E-state index in [1.54, 1.807) is 7.11 Å². The van der Waals surface area contributed by atoms with Crippen LogP contribution in [-0.4, -0.2) is 12.2 Å². The topological polar surface area (TPSA) is 33.3 Å². The third-order valence-corrected chi connectivity index (χ3v) is 7.24. The summed E-state index contributed by atoms with van der Waals surface area (Å²) < 4.78 is 7.95. The number of rotatable bonds is 4. The van der Waals surface area contributed by atoms with Gasteiger partial charge in [-0.25, -0.2) is 4.57 Å². The minimum Gasteiger partial charge on any atom is -0.507 e. The van der Waals surface area contributed by atoms with E-state index in [0.29, 0.717) is 17.6 Å². The first kappa shape index (κ1) is 18.5. The number of pyridine rings is 1. The molecule has 0 saturated heterocycles. The summed E-state index contributed by atoms with van der Waals surface area (Å²) in [7, 11) is 3.79. The van der Waals surface area contributed by atoms with Gasteiger partial charge in [0.15, 0.2) is 12.4 Å².